The Kier molecular flexibility index (Phi) is 14.1. The van der Waals surface area contributed by atoms with Gasteiger partial charge in [-0.05, 0) is 72.5 Å². The Morgan fingerprint density at radius 3 is 2.17 bits per heavy atom. The molecule has 6 aromatic rings. The summed E-state index contributed by atoms with van der Waals surface area (Å²) < 4.78 is 48.6. The normalized spacial score (nSPS) is 11.8. The van der Waals surface area contributed by atoms with Crippen molar-refractivity contribution in [3.8, 4) is 22.6 Å². The zero-order valence-electron chi connectivity index (χ0n) is 32.9. The van der Waals surface area contributed by atoms with Gasteiger partial charge in [-0.3, -0.25) is 14.9 Å². The number of fused-ring (bicyclic) bond motifs is 1. The predicted molar refractivity (Wildman–Crippen MR) is 234 cm³/mol. The van der Waals surface area contributed by atoms with Crippen LogP contribution in [0.5, 0.6) is 11.5 Å². The maximum absolute atomic E-state index is 14.3. The fourth-order valence-corrected chi connectivity index (χ4v) is 8.25. The van der Waals surface area contributed by atoms with E-state index in [0.29, 0.717) is 22.4 Å². The van der Waals surface area contributed by atoms with Gasteiger partial charge in [0.05, 0.1) is 29.7 Å². The number of esters is 1. The number of nitrogens with one attached hydrogen (secondary N) is 2. The molecule has 0 bridgehead atoms. The number of carbonyl (C=O) groups excluding carboxylic acids is 1. The van der Waals surface area contributed by atoms with Gasteiger partial charge in [-0.25, -0.2) is 8.42 Å². The Morgan fingerprint density at radius 1 is 0.793 bits per heavy atom. The molecule has 0 fully saturated rings. The fraction of sp³-hybridized carbons (Fsp3) is 0.234. The molecule has 1 atom stereocenters. The van der Waals surface area contributed by atoms with E-state index in [4.69, 9.17) is 31.2 Å². The van der Waals surface area contributed by atoms with Crippen LogP contribution in [0.1, 0.15) is 63.2 Å². The zero-order chi connectivity index (χ0) is 41.1. The average molecular weight is 818 g/mol. The van der Waals surface area contributed by atoms with Crippen molar-refractivity contribution in [2.45, 2.75) is 57.0 Å². The van der Waals surface area contributed by atoms with Gasteiger partial charge in [-0.15, -0.1) is 0 Å². The summed E-state index contributed by atoms with van der Waals surface area (Å²) >= 11 is 6.43. The van der Waals surface area contributed by atoms with Gasteiger partial charge in [0.15, 0.2) is 0 Å². The molecule has 300 valence electrons. The molecule has 9 nitrogen and oxygen atoms in total. The highest BCUT2D eigenvalue weighted by molar-refractivity contribution is 7.93. The van der Waals surface area contributed by atoms with Gasteiger partial charge in [0.25, 0.3) is 10.0 Å². The summed E-state index contributed by atoms with van der Waals surface area (Å²) in [5.41, 5.74) is 3.51. The number of unbranched alkanes of at least 4 members (excludes halogenated alkanes) is 2. The summed E-state index contributed by atoms with van der Waals surface area (Å²) in [5.74, 6) is 0.445. The summed E-state index contributed by atoms with van der Waals surface area (Å²) in [6.07, 6.45) is 2.99. The third-order valence-corrected chi connectivity index (χ3v) is 11.5. The lowest BCUT2D eigenvalue weighted by atomic mass is 9.99. The standard InChI is InChI=1S/C47H48ClN3O6S/c1-4-6-29-51(30-7-5-2)42-20-13-19-39-38(42)18-14-22-45(39)58(53,54)50-41-28-27-35(48)31-40(41)47(49)57-44(32-46(52)55-3)34-25-23-33(24-26-34)37-17-11-12-21-43(37)56-36-15-9-8-10-16-36/h8-28,31,44,49-50H,4-7,29-30,32H2,1-3H3. The van der Waals surface area contributed by atoms with E-state index >= 15 is 0 Å². The van der Waals surface area contributed by atoms with Crippen molar-refractivity contribution in [2.24, 2.45) is 0 Å². The van der Waals surface area contributed by atoms with Gasteiger partial charge in [0.1, 0.15) is 17.6 Å². The van der Waals surface area contributed by atoms with Crippen LogP contribution in [-0.2, 0) is 24.3 Å². The second kappa shape index (κ2) is 19.5. The molecule has 0 aliphatic rings. The maximum atomic E-state index is 14.3. The number of rotatable bonds is 18. The van der Waals surface area contributed by atoms with E-state index in [1.54, 1.807) is 18.2 Å². The SMILES string of the molecule is CCCCN(CCCC)c1cccc2c(S(=O)(=O)Nc3ccc(Cl)cc3C(=N)OC(CC(=O)OC)c3ccc(-c4ccccc4Oc4ccccc4)cc3)cccc12. The van der Waals surface area contributed by atoms with Crippen LogP contribution in [0, 0.1) is 5.41 Å². The number of sulfonamides is 1. The number of carbonyl (C=O) groups is 1. The molecule has 1 unspecified atom stereocenters. The Labute approximate surface area is 346 Å². The molecule has 0 amide bonds. The van der Waals surface area contributed by atoms with Crippen LogP contribution in [0.4, 0.5) is 11.4 Å². The minimum Gasteiger partial charge on any atom is -0.469 e. The van der Waals surface area contributed by atoms with Crippen LogP contribution in [0.2, 0.25) is 5.02 Å². The third-order valence-electron chi connectivity index (χ3n) is 9.81. The molecule has 11 heteroatoms. The Balaban J connectivity index is 1.28. The molecule has 0 aromatic heterocycles. The monoisotopic (exact) mass is 817 g/mol. The Morgan fingerprint density at radius 2 is 1.47 bits per heavy atom. The lowest BCUT2D eigenvalue weighted by Crippen LogP contribution is -2.26. The first-order valence-corrected chi connectivity index (χ1v) is 21.3. The average Bonchev–Trinajstić information content (AvgIpc) is 3.24. The quantitative estimate of drug-likeness (QED) is 0.0504. The molecule has 58 heavy (non-hydrogen) atoms. The van der Waals surface area contributed by atoms with Crippen molar-refractivity contribution in [3.63, 3.8) is 0 Å². The van der Waals surface area contributed by atoms with Gasteiger partial charge in [-0.1, -0.05) is 123 Å². The number of halogens is 1. The van der Waals surface area contributed by atoms with Crippen molar-refractivity contribution in [1.82, 2.24) is 0 Å². The van der Waals surface area contributed by atoms with E-state index in [-0.39, 0.29) is 33.5 Å². The van der Waals surface area contributed by atoms with E-state index in [1.165, 1.54) is 19.2 Å². The lowest BCUT2D eigenvalue weighted by molar-refractivity contribution is -0.142. The van der Waals surface area contributed by atoms with Crippen LogP contribution in [0.3, 0.4) is 0 Å². The van der Waals surface area contributed by atoms with Gasteiger partial charge in [-0.2, -0.15) is 0 Å². The highest BCUT2D eigenvalue weighted by Gasteiger charge is 2.25. The highest BCUT2D eigenvalue weighted by Crippen LogP contribution is 2.36. The van der Waals surface area contributed by atoms with E-state index in [2.05, 4.69) is 23.5 Å². The molecular formula is C47H48ClN3O6S. The van der Waals surface area contributed by atoms with Gasteiger partial charge in [0.2, 0.25) is 5.90 Å². The van der Waals surface area contributed by atoms with Crippen LogP contribution < -0.4 is 14.4 Å². The van der Waals surface area contributed by atoms with E-state index < -0.39 is 22.1 Å². The van der Waals surface area contributed by atoms with Gasteiger partial charge >= 0.3 is 5.97 Å². The number of hydrogen-bond donors (Lipinski definition) is 2. The zero-order valence-corrected chi connectivity index (χ0v) is 34.5. The van der Waals surface area contributed by atoms with Crippen molar-refractivity contribution in [3.05, 3.63) is 150 Å². The number of ether oxygens (including phenoxy) is 3. The second-order valence-corrected chi connectivity index (χ2v) is 16.0. The molecule has 6 rings (SSSR count). The number of hydrogen-bond acceptors (Lipinski definition) is 8. The molecule has 0 aliphatic carbocycles. The van der Waals surface area contributed by atoms with Crippen molar-refractivity contribution >= 4 is 55.6 Å². The summed E-state index contributed by atoms with van der Waals surface area (Å²) in [6.45, 7) is 6.07. The van der Waals surface area contributed by atoms with Crippen molar-refractivity contribution < 1.29 is 27.4 Å². The fourth-order valence-electron chi connectivity index (χ4n) is 6.77. The first-order valence-electron chi connectivity index (χ1n) is 19.5. The van der Waals surface area contributed by atoms with Crippen molar-refractivity contribution in [2.75, 3.05) is 29.8 Å². The van der Waals surface area contributed by atoms with Crippen LogP contribution in [0.25, 0.3) is 21.9 Å². The summed E-state index contributed by atoms with van der Waals surface area (Å²) in [7, 11) is -2.91. The van der Waals surface area contributed by atoms with E-state index in [9.17, 15) is 13.2 Å². The molecular weight excluding hydrogens is 770 g/mol. The Hall–Kier alpha value is -5.84. The molecule has 0 spiro atoms. The van der Waals surface area contributed by atoms with Crippen LogP contribution in [-0.4, -0.2) is 40.5 Å². The predicted octanol–water partition coefficient (Wildman–Crippen LogP) is 11.8. The molecule has 0 saturated heterocycles. The van der Waals surface area contributed by atoms with Crippen LogP contribution >= 0.6 is 11.6 Å². The van der Waals surface area contributed by atoms with Crippen molar-refractivity contribution in [1.29, 1.82) is 5.41 Å². The van der Waals surface area contributed by atoms with E-state index in [1.807, 2.05) is 103 Å². The molecule has 0 aliphatic heterocycles. The van der Waals surface area contributed by atoms with Gasteiger partial charge < -0.3 is 19.1 Å². The number of anilines is 2. The molecule has 2 N–H and O–H groups in total. The molecule has 6 aromatic carbocycles. The smallest absolute Gasteiger partial charge is 0.309 e. The first kappa shape index (κ1) is 41.8. The summed E-state index contributed by atoms with van der Waals surface area (Å²) in [4.78, 5) is 15.1. The number of para-hydroxylation sites is 2. The minimum atomic E-state index is -4.19. The highest BCUT2D eigenvalue weighted by atomic mass is 35.5. The Bertz CT molecular complexity index is 2450. The van der Waals surface area contributed by atoms with Gasteiger partial charge in [0, 0.05) is 40.1 Å². The minimum absolute atomic E-state index is 0.0947. The van der Waals surface area contributed by atoms with E-state index in [0.717, 1.165) is 61.0 Å². The number of benzene rings is 6. The molecule has 0 radical (unpaired) electrons. The maximum Gasteiger partial charge on any atom is 0.309 e. The first-order chi connectivity index (χ1) is 28.1. The number of nitrogens with zero attached hydrogens (tertiary/aromatic N) is 1. The number of methoxy groups -OCH3 is 1. The largest absolute Gasteiger partial charge is 0.469 e. The molecule has 0 saturated carbocycles. The van der Waals surface area contributed by atoms with Crippen LogP contribution in [0.15, 0.2) is 138 Å². The molecule has 0 heterocycles. The second-order valence-electron chi connectivity index (χ2n) is 13.9. The lowest BCUT2D eigenvalue weighted by Gasteiger charge is -2.26. The summed E-state index contributed by atoms with van der Waals surface area (Å²) in [5, 5.41) is 10.8. The third kappa shape index (κ3) is 10.2. The topological polar surface area (TPSA) is 118 Å². The summed E-state index contributed by atoms with van der Waals surface area (Å²) in [6, 6.07) is 40.2.